The van der Waals surface area contributed by atoms with Crippen molar-refractivity contribution < 1.29 is 4.74 Å². The maximum atomic E-state index is 12.2. The number of aromatic nitrogens is 2. The van der Waals surface area contributed by atoms with Gasteiger partial charge in [-0.05, 0) is 42.1 Å². The number of halogens is 1. The van der Waals surface area contributed by atoms with E-state index in [0.29, 0.717) is 17.6 Å². The van der Waals surface area contributed by atoms with Gasteiger partial charge in [0.2, 0.25) is 0 Å². The van der Waals surface area contributed by atoms with E-state index in [9.17, 15) is 4.79 Å². The number of nitrogens with zero attached hydrogens (tertiary/aromatic N) is 2. The van der Waals surface area contributed by atoms with Crippen LogP contribution in [0.15, 0.2) is 15.5 Å². The third kappa shape index (κ3) is 3.61. The van der Waals surface area contributed by atoms with Gasteiger partial charge < -0.3 is 10.1 Å². The molecule has 1 N–H and O–H groups in total. The Kier molecular flexibility index (Phi) is 5.21. The summed E-state index contributed by atoms with van der Waals surface area (Å²) < 4.78 is 7.78. The largest absolute Gasteiger partial charge is 0.380 e. The average Bonchev–Trinajstić information content (AvgIpc) is 2.87. The molecule has 2 heterocycles. The Bertz CT molecular complexity index is 510. The molecule has 1 atom stereocenters. The molecule has 0 radical (unpaired) electrons. The zero-order valence-corrected chi connectivity index (χ0v) is 13.7. The smallest absolute Gasteiger partial charge is 0.283 e. The first-order valence-corrected chi connectivity index (χ1v) is 7.98. The Morgan fingerprint density at radius 1 is 1.60 bits per heavy atom. The van der Waals surface area contributed by atoms with E-state index in [4.69, 9.17) is 4.74 Å². The summed E-state index contributed by atoms with van der Waals surface area (Å²) in [5.41, 5.74) is 0.511. The molecule has 0 spiro atoms. The highest BCUT2D eigenvalue weighted by molar-refractivity contribution is 9.10. The van der Waals surface area contributed by atoms with Gasteiger partial charge in [0.25, 0.3) is 5.56 Å². The number of ether oxygens (including phenoxy) is 1. The van der Waals surface area contributed by atoms with Crippen molar-refractivity contribution in [2.45, 2.75) is 51.7 Å². The van der Waals surface area contributed by atoms with Crippen LogP contribution in [0.25, 0.3) is 0 Å². The van der Waals surface area contributed by atoms with Crippen LogP contribution in [0.3, 0.4) is 0 Å². The van der Waals surface area contributed by atoms with Gasteiger partial charge in [-0.25, -0.2) is 4.68 Å². The van der Waals surface area contributed by atoms with Gasteiger partial charge in [-0.15, -0.1) is 0 Å². The van der Waals surface area contributed by atoms with E-state index in [1.54, 1.807) is 6.20 Å². The predicted molar refractivity (Wildman–Crippen MR) is 83.2 cm³/mol. The molecule has 0 bridgehead atoms. The van der Waals surface area contributed by atoms with E-state index >= 15 is 0 Å². The first kappa shape index (κ1) is 15.5. The van der Waals surface area contributed by atoms with E-state index < -0.39 is 0 Å². The summed E-state index contributed by atoms with van der Waals surface area (Å²) in [5, 5.41) is 7.49. The lowest BCUT2D eigenvalue weighted by Crippen LogP contribution is -2.33. The van der Waals surface area contributed by atoms with E-state index in [1.807, 2.05) is 0 Å². The Morgan fingerprint density at radius 2 is 2.40 bits per heavy atom. The highest BCUT2D eigenvalue weighted by Gasteiger charge is 2.29. The first-order valence-electron chi connectivity index (χ1n) is 7.19. The lowest BCUT2D eigenvalue weighted by Gasteiger charge is -2.24. The van der Waals surface area contributed by atoms with E-state index in [0.717, 1.165) is 38.0 Å². The fraction of sp³-hybridized carbons (Fsp3) is 0.714. The number of aryl methyl sites for hydroxylation is 1. The van der Waals surface area contributed by atoms with Crippen LogP contribution in [0, 0.1) is 0 Å². The first-order chi connectivity index (χ1) is 9.56. The number of hydrogen-bond acceptors (Lipinski definition) is 4. The molecular weight excluding hydrogens is 322 g/mol. The minimum absolute atomic E-state index is 0.0825. The molecule has 1 aliphatic rings. The van der Waals surface area contributed by atoms with Crippen molar-refractivity contribution in [3.05, 3.63) is 21.0 Å². The standard InChI is InChI=1S/C14H22BrN3O2/c1-3-4-7-18-13(19)12(15)11(9-17-18)16-10-14(2)6-5-8-20-14/h9,16H,3-8,10H2,1-2H3. The monoisotopic (exact) mass is 343 g/mol. The number of nitrogens with one attached hydrogen (secondary N) is 1. The molecule has 5 nitrogen and oxygen atoms in total. The van der Waals surface area contributed by atoms with Crippen molar-refractivity contribution in [3.8, 4) is 0 Å². The van der Waals surface area contributed by atoms with Gasteiger partial charge in [0.15, 0.2) is 0 Å². The summed E-state index contributed by atoms with van der Waals surface area (Å²) >= 11 is 3.37. The van der Waals surface area contributed by atoms with Gasteiger partial charge in [0.05, 0.1) is 17.5 Å². The van der Waals surface area contributed by atoms with Crippen molar-refractivity contribution >= 4 is 21.6 Å². The number of hydrogen-bond donors (Lipinski definition) is 1. The second-order valence-corrected chi connectivity index (χ2v) is 6.30. The molecule has 112 valence electrons. The molecular formula is C14H22BrN3O2. The number of anilines is 1. The van der Waals surface area contributed by atoms with Crippen LogP contribution in [0.5, 0.6) is 0 Å². The molecule has 0 aromatic carbocycles. The third-order valence-electron chi connectivity index (χ3n) is 3.66. The molecule has 6 heteroatoms. The molecule has 1 fully saturated rings. The molecule has 20 heavy (non-hydrogen) atoms. The van der Waals surface area contributed by atoms with Crippen molar-refractivity contribution in [1.82, 2.24) is 9.78 Å². The van der Waals surface area contributed by atoms with Crippen LogP contribution in [0.2, 0.25) is 0 Å². The molecule has 0 saturated carbocycles. The second kappa shape index (κ2) is 6.72. The summed E-state index contributed by atoms with van der Waals surface area (Å²) in [6, 6.07) is 0. The SMILES string of the molecule is CCCCn1ncc(NCC2(C)CCCO2)c(Br)c1=O. The molecule has 1 aromatic rings. The van der Waals surface area contributed by atoms with Crippen LogP contribution >= 0.6 is 15.9 Å². The van der Waals surface area contributed by atoms with Crippen molar-refractivity contribution in [2.75, 3.05) is 18.5 Å². The van der Waals surface area contributed by atoms with Gasteiger partial charge in [-0.3, -0.25) is 4.79 Å². The summed E-state index contributed by atoms with van der Waals surface area (Å²) in [5.74, 6) is 0. The fourth-order valence-corrected chi connectivity index (χ4v) is 2.76. The topological polar surface area (TPSA) is 56.1 Å². The van der Waals surface area contributed by atoms with Crippen LogP contribution in [-0.2, 0) is 11.3 Å². The van der Waals surface area contributed by atoms with Crippen molar-refractivity contribution in [3.63, 3.8) is 0 Å². The van der Waals surface area contributed by atoms with E-state index in [1.165, 1.54) is 4.68 Å². The third-order valence-corrected chi connectivity index (χ3v) is 4.43. The second-order valence-electron chi connectivity index (χ2n) is 5.51. The van der Waals surface area contributed by atoms with Crippen LogP contribution in [0.1, 0.15) is 39.5 Å². The summed E-state index contributed by atoms with van der Waals surface area (Å²) in [6.07, 6.45) is 5.84. The van der Waals surface area contributed by atoms with Gasteiger partial charge in [0, 0.05) is 19.7 Å². The maximum Gasteiger partial charge on any atom is 0.283 e. The molecule has 0 aliphatic carbocycles. The Morgan fingerprint density at radius 3 is 3.05 bits per heavy atom. The summed E-state index contributed by atoms with van der Waals surface area (Å²) in [6.45, 7) is 6.35. The number of unbranched alkanes of at least 4 members (excludes halogenated alkanes) is 1. The average molecular weight is 344 g/mol. The lowest BCUT2D eigenvalue weighted by molar-refractivity contribution is 0.0315. The quantitative estimate of drug-likeness (QED) is 0.862. The highest BCUT2D eigenvalue weighted by Crippen LogP contribution is 2.26. The zero-order chi connectivity index (χ0) is 14.6. The summed E-state index contributed by atoms with van der Waals surface area (Å²) in [7, 11) is 0. The highest BCUT2D eigenvalue weighted by atomic mass is 79.9. The minimum atomic E-state index is -0.142. The van der Waals surface area contributed by atoms with E-state index in [-0.39, 0.29) is 11.2 Å². The van der Waals surface area contributed by atoms with Crippen LogP contribution in [0.4, 0.5) is 5.69 Å². The normalized spacial score (nSPS) is 22.1. The number of rotatable bonds is 6. The Labute approximate surface area is 127 Å². The minimum Gasteiger partial charge on any atom is -0.380 e. The molecule has 0 amide bonds. The molecule has 1 aromatic heterocycles. The maximum absolute atomic E-state index is 12.2. The van der Waals surface area contributed by atoms with Gasteiger partial charge in [-0.2, -0.15) is 5.10 Å². The predicted octanol–water partition coefficient (Wildman–Crippen LogP) is 2.79. The van der Waals surface area contributed by atoms with Gasteiger partial charge in [0.1, 0.15) is 4.47 Å². The van der Waals surface area contributed by atoms with Crippen molar-refractivity contribution in [1.29, 1.82) is 0 Å². The molecule has 1 unspecified atom stereocenters. The summed E-state index contributed by atoms with van der Waals surface area (Å²) in [4.78, 5) is 12.2. The Balaban J connectivity index is 2.05. The zero-order valence-electron chi connectivity index (χ0n) is 12.1. The molecule has 1 aliphatic heterocycles. The van der Waals surface area contributed by atoms with Gasteiger partial charge in [-0.1, -0.05) is 13.3 Å². The van der Waals surface area contributed by atoms with Crippen LogP contribution in [-0.4, -0.2) is 28.5 Å². The van der Waals surface area contributed by atoms with E-state index in [2.05, 4.69) is 40.2 Å². The van der Waals surface area contributed by atoms with Crippen molar-refractivity contribution in [2.24, 2.45) is 0 Å². The Hall–Kier alpha value is -0.880. The lowest BCUT2D eigenvalue weighted by atomic mass is 10.0. The van der Waals surface area contributed by atoms with Gasteiger partial charge >= 0.3 is 0 Å². The fourth-order valence-electron chi connectivity index (χ4n) is 2.31. The molecule has 1 saturated heterocycles. The van der Waals surface area contributed by atoms with Crippen LogP contribution < -0.4 is 10.9 Å². The molecule has 2 rings (SSSR count).